The molecule has 0 aliphatic carbocycles. The first-order valence-electron chi connectivity index (χ1n) is 9.80. The van der Waals surface area contributed by atoms with E-state index in [1.807, 2.05) is 0 Å². The third kappa shape index (κ3) is 4.04. The summed E-state index contributed by atoms with van der Waals surface area (Å²) >= 11 is 2.23. The number of carbonyl (C=O) groups excluding carboxylic acids is 3. The highest BCUT2D eigenvalue weighted by Crippen LogP contribution is 2.36. The van der Waals surface area contributed by atoms with Gasteiger partial charge in [0.25, 0.3) is 5.91 Å². The molecule has 5 rings (SSSR count). The van der Waals surface area contributed by atoms with Crippen molar-refractivity contribution in [2.75, 3.05) is 12.1 Å². The number of ether oxygens (including phenoxy) is 2. The maximum Gasteiger partial charge on any atom is 0.355 e. The zero-order valence-corrected chi connectivity index (χ0v) is 18.7. The molecule has 34 heavy (non-hydrogen) atoms. The second kappa shape index (κ2) is 8.72. The number of amides is 4. The number of carbonyl (C=O) groups is 4. The van der Waals surface area contributed by atoms with E-state index in [4.69, 9.17) is 14.6 Å². The molecule has 1 saturated heterocycles. The van der Waals surface area contributed by atoms with E-state index in [0.717, 1.165) is 16.2 Å². The van der Waals surface area contributed by atoms with Crippen molar-refractivity contribution in [1.82, 2.24) is 20.2 Å². The van der Waals surface area contributed by atoms with Gasteiger partial charge in [-0.05, 0) is 17.7 Å². The first-order chi connectivity index (χ1) is 16.4. The Bertz CT molecular complexity index is 1290. The standard InChI is InChI=1S/C20H15N5O7S2/c26-16(24-19-22-11(6-34-19)18(28)29)12(4-10-5-33-7-21-10)25-17(27)15(23-20(25)30)9-1-2-13-14(3-9)32-8-31-13/h1-3,5-7,12,15H,4,8H2,(H,23,30)(H,28,29)(H,22,24,26). The van der Waals surface area contributed by atoms with Gasteiger partial charge in [0, 0.05) is 17.2 Å². The van der Waals surface area contributed by atoms with Crippen LogP contribution in [0.2, 0.25) is 0 Å². The van der Waals surface area contributed by atoms with Crippen LogP contribution in [-0.2, 0) is 16.0 Å². The summed E-state index contributed by atoms with van der Waals surface area (Å²) in [5.41, 5.74) is 2.34. The third-order valence-corrected chi connectivity index (χ3v) is 6.55. The molecule has 12 nitrogen and oxygen atoms in total. The molecule has 14 heteroatoms. The lowest BCUT2D eigenvalue weighted by Crippen LogP contribution is -2.49. The maximum absolute atomic E-state index is 13.3. The number of hydrogen-bond acceptors (Lipinski definition) is 10. The topological polar surface area (TPSA) is 160 Å². The number of benzene rings is 1. The van der Waals surface area contributed by atoms with Crippen LogP contribution >= 0.6 is 22.7 Å². The van der Waals surface area contributed by atoms with Gasteiger partial charge in [0.05, 0.1) is 11.2 Å². The quantitative estimate of drug-likeness (QED) is 0.411. The Morgan fingerprint density at radius 1 is 1.26 bits per heavy atom. The predicted octanol–water partition coefficient (Wildman–Crippen LogP) is 1.87. The van der Waals surface area contributed by atoms with Gasteiger partial charge >= 0.3 is 12.0 Å². The third-order valence-electron chi connectivity index (χ3n) is 5.15. The van der Waals surface area contributed by atoms with Gasteiger partial charge in [0.1, 0.15) is 12.1 Å². The number of hydrogen-bond donors (Lipinski definition) is 3. The van der Waals surface area contributed by atoms with E-state index in [0.29, 0.717) is 22.8 Å². The van der Waals surface area contributed by atoms with Gasteiger partial charge in [0.15, 0.2) is 22.3 Å². The lowest BCUT2D eigenvalue weighted by molar-refractivity contribution is -0.134. The van der Waals surface area contributed by atoms with E-state index in [-0.39, 0.29) is 24.0 Å². The van der Waals surface area contributed by atoms with Gasteiger partial charge in [0.2, 0.25) is 12.7 Å². The molecule has 2 unspecified atom stereocenters. The molecule has 2 aliphatic heterocycles. The number of carboxylic acids is 1. The van der Waals surface area contributed by atoms with E-state index in [1.165, 1.54) is 16.7 Å². The smallest absolute Gasteiger partial charge is 0.355 e. The Morgan fingerprint density at radius 3 is 2.82 bits per heavy atom. The Kier molecular flexibility index (Phi) is 5.59. The summed E-state index contributed by atoms with van der Waals surface area (Å²) < 4.78 is 10.6. The predicted molar refractivity (Wildman–Crippen MR) is 118 cm³/mol. The molecule has 0 bridgehead atoms. The van der Waals surface area contributed by atoms with Crippen LogP contribution in [-0.4, -0.2) is 56.6 Å². The van der Waals surface area contributed by atoms with Crippen molar-refractivity contribution in [2.24, 2.45) is 0 Å². The SMILES string of the molecule is O=C(O)c1csc(NC(=O)C(Cc2cscn2)N2C(=O)NC(c3ccc4c(c3)OCO4)C2=O)n1. The zero-order valence-electron chi connectivity index (χ0n) is 17.1. The van der Waals surface area contributed by atoms with Gasteiger partial charge in [-0.25, -0.2) is 24.5 Å². The van der Waals surface area contributed by atoms with Gasteiger partial charge in [-0.3, -0.25) is 9.59 Å². The molecular weight excluding hydrogens is 486 g/mol. The number of anilines is 1. The molecule has 2 aliphatic rings. The molecule has 1 fully saturated rings. The van der Waals surface area contributed by atoms with Gasteiger partial charge < -0.3 is 25.2 Å². The van der Waals surface area contributed by atoms with E-state index in [1.54, 1.807) is 29.1 Å². The number of aromatic nitrogens is 2. The molecule has 3 N–H and O–H groups in total. The van der Waals surface area contributed by atoms with Gasteiger partial charge in [-0.1, -0.05) is 6.07 Å². The summed E-state index contributed by atoms with van der Waals surface area (Å²) in [6.45, 7) is 0.0616. The number of rotatable bonds is 7. The summed E-state index contributed by atoms with van der Waals surface area (Å²) in [5.74, 6) is -1.58. The van der Waals surface area contributed by atoms with E-state index >= 15 is 0 Å². The molecule has 0 radical (unpaired) electrons. The first-order valence-corrected chi connectivity index (χ1v) is 11.6. The number of carboxylic acid groups (broad SMARTS) is 1. The van der Waals surface area contributed by atoms with Crippen LogP contribution < -0.4 is 20.1 Å². The normalized spacial score (nSPS) is 17.5. The average molecular weight is 502 g/mol. The molecular formula is C20H15N5O7S2. The minimum Gasteiger partial charge on any atom is -0.476 e. The summed E-state index contributed by atoms with van der Waals surface area (Å²) in [6, 6.07) is 1.87. The summed E-state index contributed by atoms with van der Waals surface area (Å²) in [6.07, 6.45) is -0.0283. The Morgan fingerprint density at radius 2 is 2.09 bits per heavy atom. The average Bonchev–Trinajstić information content (AvgIpc) is 3.60. The van der Waals surface area contributed by atoms with Crippen LogP contribution in [0.1, 0.15) is 27.8 Å². The van der Waals surface area contributed by atoms with Crippen LogP contribution in [0.15, 0.2) is 34.5 Å². The molecule has 1 aromatic carbocycles. The molecule has 2 aromatic heterocycles. The van der Waals surface area contributed by atoms with Gasteiger partial charge in [-0.15, -0.1) is 22.7 Å². The van der Waals surface area contributed by atoms with Crippen molar-refractivity contribution in [1.29, 1.82) is 0 Å². The second-order valence-corrected chi connectivity index (χ2v) is 8.81. The van der Waals surface area contributed by atoms with Crippen molar-refractivity contribution in [3.63, 3.8) is 0 Å². The number of aromatic carboxylic acids is 1. The molecule has 174 valence electrons. The van der Waals surface area contributed by atoms with Crippen molar-refractivity contribution in [3.8, 4) is 11.5 Å². The number of fused-ring (bicyclic) bond motifs is 1. The second-order valence-electron chi connectivity index (χ2n) is 7.24. The molecule has 2 atom stereocenters. The summed E-state index contributed by atoms with van der Waals surface area (Å²) in [7, 11) is 0. The number of urea groups is 1. The minimum atomic E-state index is -1.24. The first kappa shape index (κ1) is 21.8. The van der Waals surface area contributed by atoms with E-state index in [9.17, 15) is 19.2 Å². The largest absolute Gasteiger partial charge is 0.476 e. The number of nitrogens with one attached hydrogen (secondary N) is 2. The monoisotopic (exact) mass is 501 g/mol. The van der Waals surface area contributed by atoms with E-state index < -0.39 is 35.9 Å². The van der Waals surface area contributed by atoms with Crippen LogP contribution in [0.4, 0.5) is 9.93 Å². The van der Waals surface area contributed by atoms with Crippen molar-refractivity contribution in [3.05, 3.63) is 51.4 Å². The Balaban J connectivity index is 1.41. The Labute approximate surface area is 199 Å². The van der Waals surface area contributed by atoms with Crippen LogP contribution in [0.25, 0.3) is 0 Å². The fourth-order valence-electron chi connectivity index (χ4n) is 3.56. The molecule has 3 aromatic rings. The maximum atomic E-state index is 13.3. The molecule has 4 amide bonds. The fourth-order valence-corrected chi connectivity index (χ4v) is 4.82. The number of nitrogens with zero attached hydrogens (tertiary/aromatic N) is 3. The number of imide groups is 1. The minimum absolute atomic E-state index is 0.0283. The highest BCUT2D eigenvalue weighted by atomic mass is 32.1. The van der Waals surface area contributed by atoms with Gasteiger partial charge in [-0.2, -0.15) is 0 Å². The number of thiazole rings is 2. The van der Waals surface area contributed by atoms with Crippen LogP contribution in [0.3, 0.4) is 0 Å². The highest BCUT2D eigenvalue weighted by Gasteiger charge is 2.46. The zero-order chi connectivity index (χ0) is 23.8. The summed E-state index contributed by atoms with van der Waals surface area (Å²) in [4.78, 5) is 59.3. The van der Waals surface area contributed by atoms with E-state index in [2.05, 4.69) is 20.6 Å². The van der Waals surface area contributed by atoms with Crippen molar-refractivity contribution in [2.45, 2.75) is 18.5 Å². The van der Waals surface area contributed by atoms with Crippen LogP contribution in [0.5, 0.6) is 11.5 Å². The highest BCUT2D eigenvalue weighted by molar-refractivity contribution is 7.14. The summed E-state index contributed by atoms with van der Waals surface area (Å²) in [5, 5.41) is 17.2. The lowest BCUT2D eigenvalue weighted by atomic mass is 10.0. The Hall–Kier alpha value is -4.04. The molecule has 0 spiro atoms. The molecule has 0 saturated carbocycles. The lowest BCUT2D eigenvalue weighted by Gasteiger charge is -2.23. The molecule has 4 heterocycles. The van der Waals surface area contributed by atoms with Crippen LogP contribution in [0, 0.1) is 0 Å². The van der Waals surface area contributed by atoms with Crippen molar-refractivity contribution < 1.29 is 33.8 Å². The fraction of sp³-hybridized carbons (Fsp3) is 0.200. The van der Waals surface area contributed by atoms with Crippen molar-refractivity contribution >= 4 is 51.6 Å².